The maximum absolute atomic E-state index is 15.5. The van der Waals surface area contributed by atoms with E-state index in [2.05, 4.69) is 16.0 Å². The Morgan fingerprint density at radius 1 is 1.00 bits per heavy atom. The molecule has 0 radical (unpaired) electrons. The summed E-state index contributed by atoms with van der Waals surface area (Å²) in [6.45, 7) is 2.95. The van der Waals surface area contributed by atoms with Gasteiger partial charge in [0.2, 0.25) is 15.9 Å². The number of amides is 2. The Hall–Kier alpha value is -3.98. The number of methoxy groups -OCH3 is 1. The molecular weight excluding hydrogens is 649 g/mol. The van der Waals surface area contributed by atoms with Crippen LogP contribution in [0.25, 0.3) is 0 Å². The number of hydrogen-bond acceptors (Lipinski definition) is 7. The van der Waals surface area contributed by atoms with Crippen molar-refractivity contribution in [3.8, 4) is 0 Å². The predicted octanol–water partition coefficient (Wildman–Crippen LogP) is 4.50. The van der Waals surface area contributed by atoms with Crippen LogP contribution < -0.4 is 16.0 Å². The summed E-state index contributed by atoms with van der Waals surface area (Å²) >= 11 is 0. The third-order valence-electron chi connectivity index (χ3n) is 9.18. The van der Waals surface area contributed by atoms with Gasteiger partial charge in [0.1, 0.15) is 11.9 Å². The normalized spacial score (nSPS) is 20.4. The number of nitrogens with one attached hydrogen (secondary N) is 3. The first kappa shape index (κ1) is 35.3. The second-order valence-electron chi connectivity index (χ2n) is 12.1. The lowest BCUT2D eigenvalue weighted by Crippen LogP contribution is -2.59. The summed E-state index contributed by atoms with van der Waals surface area (Å²) in [6, 6.07) is 13.4. The molecule has 3 N–H and O–H groups in total. The van der Waals surface area contributed by atoms with Crippen LogP contribution >= 0.6 is 0 Å². The van der Waals surface area contributed by atoms with Gasteiger partial charge in [-0.3, -0.25) is 4.79 Å². The van der Waals surface area contributed by atoms with Crippen LogP contribution in [0.4, 0.5) is 23.7 Å². The van der Waals surface area contributed by atoms with Crippen LogP contribution in [-0.4, -0.2) is 76.3 Å². The molecule has 48 heavy (non-hydrogen) atoms. The smallest absolute Gasteiger partial charge is 0.407 e. The van der Waals surface area contributed by atoms with Gasteiger partial charge in [0, 0.05) is 55.1 Å². The topological polar surface area (TPSA) is 126 Å². The number of halogens is 3. The van der Waals surface area contributed by atoms with Crippen LogP contribution in [0.3, 0.4) is 0 Å². The van der Waals surface area contributed by atoms with E-state index in [-0.39, 0.29) is 66.6 Å². The molecule has 14 heteroatoms. The predicted molar refractivity (Wildman–Crippen MR) is 172 cm³/mol. The summed E-state index contributed by atoms with van der Waals surface area (Å²) in [4.78, 5) is 26.9. The molecule has 0 aromatic heterocycles. The zero-order chi connectivity index (χ0) is 34.5. The number of alkyl carbamates (subject to hydrolysis) is 1. The zero-order valence-corrected chi connectivity index (χ0v) is 27.5. The van der Waals surface area contributed by atoms with E-state index < -0.39 is 57.0 Å². The van der Waals surface area contributed by atoms with E-state index in [1.54, 1.807) is 18.2 Å². The number of carbonyl (C=O) groups excluding carboxylic acids is 2. The van der Waals surface area contributed by atoms with Gasteiger partial charge in [-0.2, -0.15) is 4.31 Å². The van der Waals surface area contributed by atoms with E-state index in [0.717, 1.165) is 19.2 Å². The van der Waals surface area contributed by atoms with Crippen molar-refractivity contribution in [1.82, 2.24) is 14.9 Å². The molecule has 10 nitrogen and oxygen atoms in total. The number of anilines is 1. The first-order valence-electron chi connectivity index (χ1n) is 15.7. The molecule has 5 rings (SSSR count). The molecule has 0 aliphatic carbocycles. The van der Waals surface area contributed by atoms with E-state index in [1.807, 2.05) is 6.92 Å². The minimum Gasteiger partial charge on any atom is -0.453 e. The summed E-state index contributed by atoms with van der Waals surface area (Å²) in [5.41, 5.74) is -0.681. The highest BCUT2D eigenvalue weighted by atomic mass is 32.2. The van der Waals surface area contributed by atoms with Gasteiger partial charge in [-0.05, 0) is 74.6 Å². The molecule has 2 saturated heterocycles. The van der Waals surface area contributed by atoms with Crippen LogP contribution in [0.2, 0.25) is 0 Å². The van der Waals surface area contributed by atoms with Gasteiger partial charge in [-0.1, -0.05) is 30.3 Å². The average Bonchev–Trinajstić information content (AvgIpc) is 3.08. The van der Waals surface area contributed by atoms with E-state index in [4.69, 9.17) is 9.47 Å². The lowest BCUT2D eigenvalue weighted by Gasteiger charge is -2.43. The third-order valence-corrected chi connectivity index (χ3v) is 11.3. The molecule has 0 bridgehead atoms. The van der Waals surface area contributed by atoms with Crippen molar-refractivity contribution in [3.05, 3.63) is 95.3 Å². The quantitative estimate of drug-likeness (QED) is 0.287. The van der Waals surface area contributed by atoms with Crippen molar-refractivity contribution >= 4 is 27.7 Å². The van der Waals surface area contributed by atoms with Crippen LogP contribution in [0, 0.1) is 17.5 Å². The number of rotatable bonds is 10. The van der Waals surface area contributed by atoms with Crippen molar-refractivity contribution in [3.63, 3.8) is 0 Å². The highest BCUT2D eigenvalue weighted by Gasteiger charge is 2.47. The van der Waals surface area contributed by atoms with Crippen molar-refractivity contribution < 1.29 is 40.7 Å². The van der Waals surface area contributed by atoms with Gasteiger partial charge in [-0.25, -0.2) is 26.4 Å². The Balaban J connectivity index is 1.44. The van der Waals surface area contributed by atoms with Crippen LogP contribution in [0.1, 0.15) is 37.3 Å². The molecule has 0 spiro atoms. The summed E-state index contributed by atoms with van der Waals surface area (Å²) in [5, 5.41) is 8.58. The van der Waals surface area contributed by atoms with Gasteiger partial charge < -0.3 is 25.4 Å². The second kappa shape index (κ2) is 15.1. The molecule has 2 fully saturated rings. The first-order chi connectivity index (χ1) is 23.0. The van der Waals surface area contributed by atoms with E-state index >= 15 is 4.39 Å². The van der Waals surface area contributed by atoms with Gasteiger partial charge in [0.25, 0.3) is 0 Å². The van der Waals surface area contributed by atoms with Crippen molar-refractivity contribution in [1.29, 1.82) is 0 Å². The zero-order valence-electron chi connectivity index (χ0n) is 26.7. The van der Waals surface area contributed by atoms with Crippen molar-refractivity contribution in [2.45, 2.75) is 61.0 Å². The van der Waals surface area contributed by atoms with E-state index in [9.17, 15) is 26.8 Å². The number of hydrogen-bond donors (Lipinski definition) is 3. The Morgan fingerprint density at radius 2 is 1.73 bits per heavy atom. The van der Waals surface area contributed by atoms with Gasteiger partial charge in [-0.15, -0.1) is 0 Å². The fourth-order valence-electron chi connectivity index (χ4n) is 6.74. The molecule has 2 aliphatic heterocycles. The fourth-order valence-corrected chi connectivity index (χ4v) is 8.60. The maximum Gasteiger partial charge on any atom is 0.407 e. The summed E-state index contributed by atoms with van der Waals surface area (Å²) in [5.74, 6) is -3.52. The summed E-state index contributed by atoms with van der Waals surface area (Å²) in [7, 11) is -2.73. The minimum atomic E-state index is -3.86. The molecule has 2 amide bonds. The maximum atomic E-state index is 15.5. The SMILES string of the molecule is COC(=O)NC(C(=O)Nc1cccc(F)c1CC[C@H]1CNC[C@H](C)N1S(=O)(=O)c1ccccc1)C1(c2ccc(F)c(F)c2)CCOCC1. The van der Waals surface area contributed by atoms with Crippen LogP contribution in [0.15, 0.2) is 71.6 Å². The highest BCUT2D eigenvalue weighted by molar-refractivity contribution is 7.89. The van der Waals surface area contributed by atoms with E-state index in [0.29, 0.717) is 13.1 Å². The summed E-state index contributed by atoms with van der Waals surface area (Å²) < 4.78 is 83.1. The molecule has 3 aromatic rings. The average molecular weight is 689 g/mol. The second-order valence-corrected chi connectivity index (χ2v) is 13.9. The lowest BCUT2D eigenvalue weighted by atomic mass is 9.68. The number of ether oxygens (including phenoxy) is 2. The van der Waals surface area contributed by atoms with Gasteiger partial charge in [0.05, 0.1) is 12.0 Å². The van der Waals surface area contributed by atoms with Crippen LogP contribution in [0.5, 0.6) is 0 Å². The number of carbonyl (C=O) groups is 2. The van der Waals surface area contributed by atoms with Crippen molar-refractivity contribution in [2.75, 3.05) is 38.7 Å². The van der Waals surface area contributed by atoms with Gasteiger partial charge in [0.15, 0.2) is 11.6 Å². The van der Waals surface area contributed by atoms with Gasteiger partial charge >= 0.3 is 6.09 Å². The molecule has 3 atom stereocenters. The number of sulfonamides is 1. The Kier molecular flexibility index (Phi) is 11.1. The monoisotopic (exact) mass is 688 g/mol. The van der Waals surface area contributed by atoms with E-state index in [1.165, 1.54) is 40.7 Å². The Bertz CT molecular complexity index is 1720. The highest BCUT2D eigenvalue weighted by Crippen LogP contribution is 2.40. The largest absolute Gasteiger partial charge is 0.453 e. The number of nitrogens with zero attached hydrogens (tertiary/aromatic N) is 1. The molecule has 3 aromatic carbocycles. The Labute approximate surface area is 278 Å². The first-order valence-corrected chi connectivity index (χ1v) is 17.2. The summed E-state index contributed by atoms with van der Waals surface area (Å²) in [6.07, 6.45) is -0.280. The van der Waals surface area contributed by atoms with Crippen molar-refractivity contribution in [2.24, 2.45) is 0 Å². The fraction of sp³-hybridized carbons (Fsp3) is 0.412. The Morgan fingerprint density at radius 3 is 2.42 bits per heavy atom. The molecule has 0 saturated carbocycles. The molecular formula is C34H39F3N4O6S. The standard InChI is InChI=1S/C34H39F3N4O6S/c1-22-20-38-21-24(41(22)48(44,45)25-7-4-3-5-8-25)12-13-26-27(35)9-6-10-30(26)39-32(42)31(40-33(43)46-2)34(15-17-47-18-16-34)23-11-14-28(36)29(37)19-23/h3-11,14,19,22,24,31,38H,12-13,15-18,20-21H2,1-2H3,(H,39,42)(H,40,43)/t22-,24-,31?/m0/s1. The molecule has 2 aliphatic rings. The number of benzene rings is 3. The minimum absolute atomic E-state index is 0.0689. The lowest BCUT2D eigenvalue weighted by molar-refractivity contribution is -0.121. The molecule has 2 heterocycles. The van der Waals surface area contributed by atoms with Crippen LogP contribution in [-0.2, 0) is 36.1 Å². The molecule has 1 unspecified atom stereocenters. The molecule has 258 valence electrons. The number of piperazine rings is 1. The third kappa shape index (κ3) is 7.36.